The molecule has 1 aromatic rings. The lowest BCUT2D eigenvalue weighted by molar-refractivity contribution is -0.128. The minimum Gasteiger partial charge on any atom is -0.342 e. The molecule has 1 aromatic carbocycles. The standard InChI is InChI=1S/C15H22N2O3S/c1-14(18)17-9-5-8-16(10-11-17)12-13-21(19,20)15-6-3-2-4-7-15/h2-4,6-7H,5,8-13H2,1H3. The molecule has 0 atom stereocenters. The van der Waals surface area contributed by atoms with Crippen LogP contribution in [0.25, 0.3) is 0 Å². The van der Waals surface area contributed by atoms with Crippen LogP contribution in [0, 0.1) is 0 Å². The Morgan fingerprint density at radius 2 is 1.81 bits per heavy atom. The second-order valence-electron chi connectivity index (χ2n) is 5.33. The van der Waals surface area contributed by atoms with Gasteiger partial charge in [-0.1, -0.05) is 18.2 Å². The first-order valence-electron chi connectivity index (χ1n) is 7.25. The molecule has 0 aliphatic carbocycles. The molecule has 0 radical (unpaired) electrons. The highest BCUT2D eigenvalue weighted by molar-refractivity contribution is 7.91. The third-order valence-electron chi connectivity index (χ3n) is 3.81. The van der Waals surface area contributed by atoms with Crippen molar-refractivity contribution in [2.45, 2.75) is 18.2 Å². The fraction of sp³-hybridized carbons (Fsp3) is 0.533. The Morgan fingerprint density at radius 3 is 2.48 bits per heavy atom. The van der Waals surface area contributed by atoms with E-state index in [-0.39, 0.29) is 11.7 Å². The summed E-state index contributed by atoms with van der Waals surface area (Å²) in [5.41, 5.74) is 0. The molecule has 6 heteroatoms. The summed E-state index contributed by atoms with van der Waals surface area (Å²) in [5.74, 6) is 0.214. The van der Waals surface area contributed by atoms with Crippen molar-refractivity contribution < 1.29 is 13.2 Å². The average Bonchev–Trinajstić information content (AvgIpc) is 2.72. The maximum atomic E-state index is 12.2. The van der Waals surface area contributed by atoms with E-state index in [2.05, 4.69) is 4.90 Å². The molecule has 0 N–H and O–H groups in total. The first kappa shape index (κ1) is 16.0. The molecule has 0 aromatic heterocycles. The summed E-state index contributed by atoms with van der Waals surface area (Å²) in [7, 11) is -3.22. The number of nitrogens with zero attached hydrogens (tertiary/aromatic N) is 2. The maximum absolute atomic E-state index is 12.2. The molecule has 1 fully saturated rings. The van der Waals surface area contributed by atoms with Gasteiger partial charge >= 0.3 is 0 Å². The van der Waals surface area contributed by atoms with Gasteiger partial charge in [-0.2, -0.15) is 0 Å². The van der Waals surface area contributed by atoms with Crippen LogP contribution < -0.4 is 0 Å². The molecule has 1 amide bonds. The van der Waals surface area contributed by atoms with E-state index in [1.807, 2.05) is 11.0 Å². The molecule has 5 nitrogen and oxygen atoms in total. The van der Waals surface area contributed by atoms with Crippen LogP contribution in [0.2, 0.25) is 0 Å². The highest BCUT2D eigenvalue weighted by atomic mass is 32.2. The quantitative estimate of drug-likeness (QED) is 0.833. The van der Waals surface area contributed by atoms with Crippen LogP contribution in [0.4, 0.5) is 0 Å². The van der Waals surface area contributed by atoms with E-state index in [1.165, 1.54) is 0 Å². The zero-order valence-electron chi connectivity index (χ0n) is 12.4. The van der Waals surface area contributed by atoms with Crippen molar-refractivity contribution in [3.05, 3.63) is 30.3 Å². The molecule has 0 spiro atoms. The number of hydrogen-bond donors (Lipinski definition) is 0. The summed E-state index contributed by atoms with van der Waals surface area (Å²) in [6, 6.07) is 8.56. The number of carbonyl (C=O) groups is 1. The van der Waals surface area contributed by atoms with Crippen LogP contribution >= 0.6 is 0 Å². The molecule has 1 aliphatic rings. The van der Waals surface area contributed by atoms with Crippen molar-refractivity contribution >= 4 is 15.7 Å². The SMILES string of the molecule is CC(=O)N1CCCN(CCS(=O)(=O)c2ccccc2)CC1. The molecular weight excluding hydrogens is 288 g/mol. The Bertz CT molecular complexity index is 572. The van der Waals surface area contributed by atoms with E-state index in [4.69, 9.17) is 0 Å². The zero-order valence-corrected chi connectivity index (χ0v) is 13.2. The third kappa shape index (κ3) is 4.54. The van der Waals surface area contributed by atoms with Gasteiger partial charge in [-0.05, 0) is 25.1 Å². The predicted molar refractivity (Wildman–Crippen MR) is 81.8 cm³/mol. The van der Waals surface area contributed by atoms with Gasteiger partial charge in [0.05, 0.1) is 10.6 Å². The number of sulfone groups is 1. The molecule has 1 heterocycles. The second-order valence-corrected chi connectivity index (χ2v) is 7.44. The van der Waals surface area contributed by atoms with Crippen LogP contribution in [0.1, 0.15) is 13.3 Å². The Kier molecular flexibility index (Phi) is 5.36. The van der Waals surface area contributed by atoms with Crippen LogP contribution in [-0.2, 0) is 14.6 Å². The first-order valence-corrected chi connectivity index (χ1v) is 8.90. The zero-order chi connectivity index (χ0) is 15.3. The number of rotatable bonds is 4. The largest absolute Gasteiger partial charge is 0.342 e. The summed E-state index contributed by atoms with van der Waals surface area (Å²) >= 11 is 0. The van der Waals surface area contributed by atoms with E-state index < -0.39 is 9.84 Å². The molecule has 0 bridgehead atoms. The monoisotopic (exact) mass is 310 g/mol. The summed E-state index contributed by atoms with van der Waals surface area (Å²) in [5, 5.41) is 0. The van der Waals surface area contributed by atoms with Crippen molar-refractivity contribution in [3.63, 3.8) is 0 Å². The van der Waals surface area contributed by atoms with Gasteiger partial charge in [0.15, 0.2) is 9.84 Å². The lowest BCUT2D eigenvalue weighted by atomic mass is 10.4. The van der Waals surface area contributed by atoms with Crippen LogP contribution in [-0.4, -0.2) is 62.6 Å². The smallest absolute Gasteiger partial charge is 0.219 e. The van der Waals surface area contributed by atoms with Crippen molar-refractivity contribution in [2.24, 2.45) is 0 Å². The van der Waals surface area contributed by atoms with E-state index in [0.717, 1.165) is 26.1 Å². The van der Waals surface area contributed by atoms with Gasteiger partial charge in [0.2, 0.25) is 5.91 Å². The summed E-state index contributed by atoms with van der Waals surface area (Å²) in [4.78, 5) is 15.7. The molecule has 1 aliphatic heterocycles. The van der Waals surface area contributed by atoms with Gasteiger partial charge < -0.3 is 9.80 Å². The molecule has 0 saturated carbocycles. The highest BCUT2D eigenvalue weighted by Gasteiger charge is 2.19. The first-order chi connectivity index (χ1) is 9.99. The van der Waals surface area contributed by atoms with E-state index >= 15 is 0 Å². The molecule has 2 rings (SSSR count). The maximum Gasteiger partial charge on any atom is 0.219 e. The van der Waals surface area contributed by atoms with Gasteiger partial charge in [-0.25, -0.2) is 8.42 Å². The Hall–Kier alpha value is -1.40. The van der Waals surface area contributed by atoms with Crippen LogP contribution in [0.15, 0.2) is 35.2 Å². The van der Waals surface area contributed by atoms with E-state index in [0.29, 0.717) is 18.0 Å². The second kappa shape index (κ2) is 7.04. The minimum atomic E-state index is -3.22. The number of amides is 1. The summed E-state index contributed by atoms with van der Waals surface area (Å²) in [6.07, 6.45) is 0.894. The topological polar surface area (TPSA) is 57.7 Å². The average molecular weight is 310 g/mol. The van der Waals surface area contributed by atoms with Crippen molar-refractivity contribution in [1.29, 1.82) is 0 Å². The fourth-order valence-corrected chi connectivity index (χ4v) is 3.81. The molecule has 0 unspecified atom stereocenters. The molecule has 21 heavy (non-hydrogen) atoms. The Balaban J connectivity index is 1.90. The van der Waals surface area contributed by atoms with Crippen molar-refractivity contribution in [1.82, 2.24) is 9.80 Å². The number of hydrogen-bond acceptors (Lipinski definition) is 4. The van der Waals surface area contributed by atoms with Crippen molar-refractivity contribution in [3.8, 4) is 0 Å². The number of carbonyl (C=O) groups excluding carboxylic acids is 1. The summed E-state index contributed by atoms with van der Waals surface area (Å²) < 4.78 is 24.5. The van der Waals surface area contributed by atoms with Gasteiger partial charge in [0.1, 0.15) is 0 Å². The molecule has 1 saturated heterocycles. The van der Waals surface area contributed by atoms with E-state index in [1.54, 1.807) is 31.2 Å². The number of benzene rings is 1. The molecular formula is C15H22N2O3S. The lowest BCUT2D eigenvalue weighted by Crippen LogP contribution is -2.35. The lowest BCUT2D eigenvalue weighted by Gasteiger charge is -2.20. The third-order valence-corrected chi connectivity index (χ3v) is 5.52. The van der Waals surface area contributed by atoms with E-state index in [9.17, 15) is 13.2 Å². The van der Waals surface area contributed by atoms with Crippen LogP contribution in [0.5, 0.6) is 0 Å². The molecule has 116 valence electrons. The normalized spacial score (nSPS) is 17.5. The van der Waals surface area contributed by atoms with Gasteiger partial charge in [-0.3, -0.25) is 4.79 Å². The van der Waals surface area contributed by atoms with Gasteiger partial charge in [-0.15, -0.1) is 0 Å². The highest BCUT2D eigenvalue weighted by Crippen LogP contribution is 2.11. The Labute approximate surface area is 126 Å². The predicted octanol–water partition coefficient (Wildman–Crippen LogP) is 1.01. The summed E-state index contributed by atoms with van der Waals surface area (Å²) in [6.45, 7) is 5.12. The fourth-order valence-electron chi connectivity index (χ4n) is 2.50. The van der Waals surface area contributed by atoms with Crippen LogP contribution in [0.3, 0.4) is 0 Å². The van der Waals surface area contributed by atoms with Crippen molar-refractivity contribution in [2.75, 3.05) is 38.5 Å². The van der Waals surface area contributed by atoms with Gasteiger partial charge in [0.25, 0.3) is 0 Å². The minimum absolute atomic E-state index is 0.0914. The van der Waals surface area contributed by atoms with Gasteiger partial charge in [0, 0.05) is 33.1 Å². The Morgan fingerprint density at radius 1 is 1.10 bits per heavy atom.